The van der Waals surface area contributed by atoms with Gasteiger partial charge in [0.05, 0.1) is 7.11 Å². The first-order valence-corrected chi connectivity index (χ1v) is 10.6. The molecule has 2 heterocycles. The van der Waals surface area contributed by atoms with Crippen LogP contribution >= 0.6 is 22.6 Å². The number of halogens is 1. The third-order valence-electron chi connectivity index (χ3n) is 5.38. The molecule has 0 amide bonds. The number of benzene rings is 1. The van der Waals surface area contributed by atoms with Crippen LogP contribution in [0.3, 0.4) is 0 Å². The Morgan fingerprint density at radius 1 is 1.35 bits per heavy atom. The average Bonchev–Trinajstić information content (AvgIpc) is 2.61. The number of carbonyl (C=O) groups excluding carboxylic acids is 1. The number of hydrogen-bond acceptors (Lipinski definition) is 4. The zero-order valence-electron chi connectivity index (χ0n) is 15.8. The van der Waals surface area contributed by atoms with Crippen LogP contribution in [0.2, 0.25) is 0 Å². The number of ketones is 1. The Morgan fingerprint density at radius 2 is 2.15 bits per heavy atom. The number of fused-ring (bicyclic) bond motifs is 3. The minimum absolute atomic E-state index is 0.187. The van der Waals surface area contributed by atoms with E-state index in [2.05, 4.69) is 53.5 Å². The van der Waals surface area contributed by atoms with Gasteiger partial charge in [-0.15, -0.1) is 0 Å². The van der Waals surface area contributed by atoms with Gasteiger partial charge in [-0.25, -0.2) is 0 Å². The van der Waals surface area contributed by atoms with Gasteiger partial charge < -0.3 is 9.47 Å². The maximum absolute atomic E-state index is 12.7. The van der Waals surface area contributed by atoms with Crippen molar-refractivity contribution < 1.29 is 14.3 Å². The van der Waals surface area contributed by atoms with Crippen LogP contribution in [0, 0.1) is 11.8 Å². The zero-order valence-corrected chi connectivity index (χ0v) is 18.0. The van der Waals surface area contributed by atoms with E-state index in [-0.39, 0.29) is 12.0 Å². The number of nitrogens with zero attached hydrogens (tertiary/aromatic N) is 1. The van der Waals surface area contributed by atoms with Crippen molar-refractivity contribution in [2.24, 2.45) is 11.8 Å². The molecular weight excluding hydrogens is 441 g/mol. The number of methoxy groups -OCH3 is 1. The molecule has 3 rings (SSSR count). The highest BCUT2D eigenvalue weighted by Crippen LogP contribution is 2.42. The quantitative estimate of drug-likeness (QED) is 0.573. The van der Waals surface area contributed by atoms with Gasteiger partial charge in [0.15, 0.2) is 11.5 Å². The van der Waals surface area contributed by atoms with Gasteiger partial charge in [0, 0.05) is 31.5 Å². The first kappa shape index (κ1) is 19.7. The number of ether oxygens (including phenoxy) is 2. The smallest absolute Gasteiger partial charge is 0.161 e. The fourth-order valence-corrected chi connectivity index (χ4v) is 4.39. The Kier molecular flexibility index (Phi) is 6.61. The molecule has 4 nitrogen and oxygen atoms in total. The summed E-state index contributed by atoms with van der Waals surface area (Å²) in [6.45, 7) is 6.83. The molecule has 26 heavy (non-hydrogen) atoms. The third-order valence-corrected chi connectivity index (χ3v) is 5.89. The summed E-state index contributed by atoms with van der Waals surface area (Å²) in [7, 11) is 1.67. The van der Waals surface area contributed by atoms with Gasteiger partial charge >= 0.3 is 0 Å². The van der Waals surface area contributed by atoms with E-state index >= 15 is 0 Å². The van der Waals surface area contributed by atoms with Gasteiger partial charge in [0.1, 0.15) is 12.4 Å². The van der Waals surface area contributed by atoms with Crippen molar-refractivity contribution in [2.75, 3.05) is 26.8 Å². The van der Waals surface area contributed by atoms with E-state index in [9.17, 15) is 4.79 Å². The summed E-state index contributed by atoms with van der Waals surface area (Å²) in [5.41, 5.74) is 2.52. The maximum atomic E-state index is 12.7. The van der Waals surface area contributed by atoms with Crippen molar-refractivity contribution in [3.05, 3.63) is 33.4 Å². The average molecular weight is 469 g/mol. The van der Waals surface area contributed by atoms with E-state index in [1.165, 1.54) is 11.1 Å². The van der Waals surface area contributed by atoms with Gasteiger partial charge in [-0.2, -0.15) is 0 Å². The van der Waals surface area contributed by atoms with Crippen LogP contribution in [0.15, 0.2) is 22.3 Å². The molecule has 0 aliphatic carbocycles. The highest BCUT2D eigenvalue weighted by atomic mass is 127. The van der Waals surface area contributed by atoms with Crippen LogP contribution in [0.5, 0.6) is 11.5 Å². The molecule has 5 heteroatoms. The second-order valence-electron chi connectivity index (χ2n) is 7.63. The van der Waals surface area contributed by atoms with Crippen molar-refractivity contribution >= 4 is 28.4 Å². The van der Waals surface area contributed by atoms with E-state index in [1.807, 2.05) is 10.2 Å². The van der Waals surface area contributed by atoms with Gasteiger partial charge in [-0.1, -0.05) is 36.4 Å². The lowest BCUT2D eigenvalue weighted by molar-refractivity contribution is -0.129. The lowest BCUT2D eigenvalue weighted by Gasteiger charge is -2.43. The van der Waals surface area contributed by atoms with Crippen LogP contribution in [-0.4, -0.2) is 37.5 Å². The zero-order chi connectivity index (χ0) is 18.7. The van der Waals surface area contributed by atoms with Crippen LogP contribution in [0.1, 0.15) is 43.9 Å². The van der Waals surface area contributed by atoms with Crippen LogP contribution < -0.4 is 9.47 Å². The predicted octanol–water partition coefficient (Wildman–Crippen LogP) is 4.56. The van der Waals surface area contributed by atoms with E-state index in [0.717, 1.165) is 37.4 Å². The summed E-state index contributed by atoms with van der Waals surface area (Å²) in [6, 6.07) is 4.38. The summed E-state index contributed by atoms with van der Waals surface area (Å²) in [6.07, 6.45) is 4.58. The van der Waals surface area contributed by atoms with Crippen molar-refractivity contribution in [2.45, 2.75) is 39.2 Å². The fraction of sp³-hybridized carbons (Fsp3) is 0.571. The Hall–Kier alpha value is -1.08. The van der Waals surface area contributed by atoms with E-state index in [4.69, 9.17) is 9.47 Å². The first-order chi connectivity index (χ1) is 12.5. The lowest BCUT2D eigenvalue weighted by Crippen LogP contribution is -2.46. The summed E-state index contributed by atoms with van der Waals surface area (Å²) in [4.78, 5) is 15.2. The molecule has 2 aliphatic rings. The molecule has 0 N–H and O–H groups in total. The summed E-state index contributed by atoms with van der Waals surface area (Å²) in [5, 5.41) is 0. The normalized spacial score (nSPS) is 23.2. The molecule has 2 aliphatic heterocycles. The second-order valence-corrected chi connectivity index (χ2v) is 8.35. The molecule has 1 aromatic carbocycles. The van der Waals surface area contributed by atoms with Crippen molar-refractivity contribution in [1.29, 1.82) is 0 Å². The Morgan fingerprint density at radius 3 is 2.85 bits per heavy atom. The van der Waals surface area contributed by atoms with Crippen molar-refractivity contribution in [1.82, 2.24) is 4.90 Å². The highest BCUT2D eigenvalue weighted by Gasteiger charge is 2.38. The number of carbonyl (C=O) groups is 1. The molecule has 0 aromatic heterocycles. The largest absolute Gasteiger partial charge is 0.493 e. The molecule has 2 atom stereocenters. The molecule has 2 unspecified atom stereocenters. The summed E-state index contributed by atoms with van der Waals surface area (Å²) < 4.78 is 13.4. The van der Waals surface area contributed by atoms with E-state index in [0.29, 0.717) is 24.7 Å². The van der Waals surface area contributed by atoms with Gasteiger partial charge in [-0.3, -0.25) is 9.69 Å². The molecule has 1 fully saturated rings. The molecule has 0 spiro atoms. The Labute approximate surface area is 170 Å². The van der Waals surface area contributed by atoms with Gasteiger partial charge in [0.25, 0.3) is 0 Å². The molecule has 0 radical (unpaired) electrons. The van der Waals surface area contributed by atoms with E-state index in [1.54, 1.807) is 7.11 Å². The number of piperidine rings is 1. The number of rotatable bonds is 6. The Bertz CT molecular complexity index is 686. The minimum atomic E-state index is 0.187. The molecule has 0 bridgehead atoms. The Balaban J connectivity index is 1.84. The molecule has 1 saturated heterocycles. The molecule has 1 aromatic rings. The third kappa shape index (κ3) is 4.25. The van der Waals surface area contributed by atoms with Crippen LogP contribution in [0.25, 0.3) is 0 Å². The van der Waals surface area contributed by atoms with Gasteiger partial charge in [-0.05, 0) is 52.2 Å². The fourth-order valence-electron chi connectivity index (χ4n) is 4.18. The summed E-state index contributed by atoms with van der Waals surface area (Å²) >= 11 is 2.18. The lowest BCUT2D eigenvalue weighted by atomic mass is 9.80. The van der Waals surface area contributed by atoms with Gasteiger partial charge in [0.2, 0.25) is 0 Å². The molecule has 0 saturated carbocycles. The predicted molar refractivity (Wildman–Crippen MR) is 112 cm³/mol. The SMILES string of the molecule is COc1cc2c(cc1OC/C=C/I)CCN1CC(CC(C)C)C(=O)CC21. The topological polar surface area (TPSA) is 38.8 Å². The molecular formula is C21H28INO3. The minimum Gasteiger partial charge on any atom is -0.493 e. The maximum Gasteiger partial charge on any atom is 0.161 e. The number of Topliss-reactive ketones (excluding diaryl/α,β-unsaturated/α-hetero) is 1. The summed E-state index contributed by atoms with van der Waals surface area (Å²) in [5.74, 6) is 2.71. The number of hydrogen-bond donors (Lipinski definition) is 0. The monoisotopic (exact) mass is 469 g/mol. The highest BCUT2D eigenvalue weighted by molar-refractivity contribution is 14.1. The standard InChI is InChI=1S/C21H28INO3/c1-14(2)9-16-13-23-7-5-15-10-21(26-8-4-6-22)20(25-3)11-17(15)18(23)12-19(16)24/h4,6,10-11,14,16,18H,5,7-9,12-13H2,1-3H3/b6-4+. The van der Waals surface area contributed by atoms with Crippen LogP contribution in [0.4, 0.5) is 0 Å². The molecule has 142 valence electrons. The first-order valence-electron chi connectivity index (χ1n) is 9.39. The van der Waals surface area contributed by atoms with Crippen molar-refractivity contribution in [3.8, 4) is 11.5 Å². The van der Waals surface area contributed by atoms with E-state index < -0.39 is 0 Å². The second kappa shape index (κ2) is 8.74. The van der Waals surface area contributed by atoms with Crippen molar-refractivity contribution in [3.63, 3.8) is 0 Å². The van der Waals surface area contributed by atoms with Crippen LogP contribution in [-0.2, 0) is 11.2 Å².